The molecule has 0 bridgehead atoms. The number of halogens is 1. The van der Waals surface area contributed by atoms with Gasteiger partial charge in [0, 0.05) is 22.2 Å². The van der Waals surface area contributed by atoms with E-state index in [-0.39, 0.29) is 10.4 Å². The van der Waals surface area contributed by atoms with E-state index in [0.29, 0.717) is 11.4 Å². The lowest BCUT2D eigenvalue weighted by molar-refractivity contribution is 0.558. The Bertz CT molecular complexity index is 685. The van der Waals surface area contributed by atoms with E-state index < -0.39 is 9.05 Å². The summed E-state index contributed by atoms with van der Waals surface area (Å²) in [6.45, 7) is 5.90. The molecule has 0 unspecified atom stereocenters. The molecule has 4 nitrogen and oxygen atoms in total. The summed E-state index contributed by atoms with van der Waals surface area (Å²) >= 11 is 0. The smallest absolute Gasteiger partial charge is 0.221 e. The summed E-state index contributed by atoms with van der Waals surface area (Å²) in [5, 5.41) is 4.36. The summed E-state index contributed by atoms with van der Waals surface area (Å²) in [4.78, 5) is 0. The second-order valence-corrected chi connectivity index (χ2v) is 7.82. The molecular formula is C13H15ClN2O2S. The molecule has 19 heavy (non-hydrogen) atoms. The Morgan fingerprint density at radius 1 is 1.16 bits per heavy atom. The Morgan fingerprint density at radius 3 is 2.21 bits per heavy atom. The predicted molar refractivity (Wildman–Crippen MR) is 75.3 cm³/mol. The van der Waals surface area contributed by atoms with Gasteiger partial charge in [-0.15, -0.1) is 0 Å². The van der Waals surface area contributed by atoms with Gasteiger partial charge in [0.05, 0.1) is 11.4 Å². The normalized spacial score (nSPS) is 12.6. The molecule has 2 rings (SSSR count). The van der Waals surface area contributed by atoms with Crippen LogP contribution in [0.5, 0.6) is 0 Å². The van der Waals surface area contributed by atoms with E-state index in [1.165, 1.54) is 10.7 Å². The number of rotatable bonds is 2. The maximum absolute atomic E-state index is 11.7. The van der Waals surface area contributed by atoms with Crippen molar-refractivity contribution in [2.45, 2.75) is 31.2 Å². The van der Waals surface area contributed by atoms with E-state index in [1.54, 1.807) is 12.1 Å². The molecule has 1 aromatic carbocycles. The number of hydrogen-bond acceptors (Lipinski definition) is 3. The predicted octanol–water partition coefficient (Wildman–Crippen LogP) is 3.10. The molecule has 0 saturated carbocycles. The van der Waals surface area contributed by atoms with Crippen LogP contribution < -0.4 is 0 Å². The zero-order chi connectivity index (χ0) is 14.3. The van der Waals surface area contributed by atoms with Crippen LogP contribution in [0.1, 0.15) is 26.5 Å². The summed E-state index contributed by atoms with van der Waals surface area (Å²) < 4.78 is 24.7. The third kappa shape index (κ3) is 2.98. The minimum Gasteiger partial charge on any atom is -0.221 e. The molecule has 0 atom stereocenters. The van der Waals surface area contributed by atoms with Crippen LogP contribution in [0.4, 0.5) is 0 Å². The SMILES string of the molecule is CC(C)(C)c1cc(S(=O)(=O)Cl)n(-c2ccccc2)n1. The van der Waals surface area contributed by atoms with Crippen molar-refractivity contribution >= 4 is 19.7 Å². The Morgan fingerprint density at radius 2 is 1.74 bits per heavy atom. The van der Waals surface area contributed by atoms with Crippen molar-refractivity contribution in [3.63, 3.8) is 0 Å². The molecule has 6 heteroatoms. The van der Waals surface area contributed by atoms with Gasteiger partial charge < -0.3 is 0 Å². The van der Waals surface area contributed by atoms with Crippen molar-refractivity contribution in [2.75, 3.05) is 0 Å². The lowest BCUT2D eigenvalue weighted by Gasteiger charge is -2.14. The topological polar surface area (TPSA) is 52.0 Å². The zero-order valence-corrected chi connectivity index (χ0v) is 12.5. The molecule has 0 aliphatic carbocycles. The van der Waals surface area contributed by atoms with Gasteiger partial charge in [-0.1, -0.05) is 39.0 Å². The van der Waals surface area contributed by atoms with Gasteiger partial charge in [-0.25, -0.2) is 13.1 Å². The molecule has 0 spiro atoms. The van der Waals surface area contributed by atoms with Gasteiger partial charge >= 0.3 is 0 Å². The first-order valence-corrected chi connectivity index (χ1v) is 8.11. The highest BCUT2D eigenvalue weighted by Crippen LogP contribution is 2.27. The van der Waals surface area contributed by atoms with Crippen LogP contribution in [0.25, 0.3) is 5.69 Å². The van der Waals surface area contributed by atoms with Crippen LogP contribution in [-0.4, -0.2) is 18.2 Å². The first kappa shape index (κ1) is 14.1. The number of para-hydroxylation sites is 1. The monoisotopic (exact) mass is 298 g/mol. The quantitative estimate of drug-likeness (QED) is 0.801. The van der Waals surface area contributed by atoms with Crippen molar-refractivity contribution in [3.05, 3.63) is 42.1 Å². The van der Waals surface area contributed by atoms with Gasteiger partial charge in [-0.3, -0.25) is 0 Å². The second kappa shape index (κ2) is 4.65. The summed E-state index contributed by atoms with van der Waals surface area (Å²) in [6.07, 6.45) is 0. The number of hydrogen-bond donors (Lipinski definition) is 0. The minimum atomic E-state index is -3.85. The molecule has 0 N–H and O–H groups in total. The van der Waals surface area contributed by atoms with E-state index in [9.17, 15) is 8.42 Å². The van der Waals surface area contributed by atoms with Crippen LogP contribution in [0, 0.1) is 0 Å². The Kier molecular flexibility index (Phi) is 3.45. The zero-order valence-electron chi connectivity index (χ0n) is 11.0. The molecule has 2 aromatic rings. The fourth-order valence-corrected chi connectivity index (χ4v) is 2.59. The van der Waals surface area contributed by atoms with Crippen LogP contribution >= 0.6 is 10.7 Å². The van der Waals surface area contributed by atoms with Gasteiger partial charge in [0.15, 0.2) is 5.03 Å². The maximum atomic E-state index is 11.7. The van der Waals surface area contributed by atoms with Crippen molar-refractivity contribution in [1.29, 1.82) is 0 Å². The first-order valence-electron chi connectivity index (χ1n) is 5.80. The van der Waals surface area contributed by atoms with E-state index in [4.69, 9.17) is 10.7 Å². The molecule has 0 amide bonds. The van der Waals surface area contributed by atoms with Crippen molar-refractivity contribution in [1.82, 2.24) is 9.78 Å². The van der Waals surface area contributed by atoms with Gasteiger partial charge in [0.2, 0.25) is 0 Å². The highest BCUT2D eigenvalue weighted by Gasteiger charge is 2.25. The van der Waals surface area contributed by atoms with Crippen molar-refractivity contribution < 1.29 is 8.42 Å². The summed E-state index contributed by atoms with van der Waals surface area (Å²) in [6, 6.07) is 10.6. The van der Waals surface area contributed by atoms with Gasteiger partial charge in [0.25, 0.3) is 9.05 Å². The lowest BCUT2D eigenvalue weighted by atomic mass is 9.93. The van der Waals surface area contributed by atoms with E-state index >= 15 is 0 Å². The van der Waals surface area contributed by atoms with E-state index in [0.717, 1.165) is 0 Å². The first-order chi connectivity index (χ1) is 8.69. The number of nitrogens with zero attached hydrogens (tertiary/aromatic N) is 2. The van der Waals surface area contributed by atoms with Crippen molar-refractivity contribution in [3.8, 4) is 5.69 Å². The van der Waals surface area contributed by atoms with Crippen LogP contribution in [0.15, 0.2) is 41.4 Å². The number of aromatic nitrogens is 2. The second-order valence-electron chi connectivity index (χ2n) is 5.30. The molecule has 102 valence electrons. The molecule has 0 fully saturated rings. The Hall–Kier alpha value is -1.33. The molecule has 0 aliphatic heterocycles. The molecule has 0 radical (unpaired) electrons. The molecular weight excluding hydrogens is 284 g/mol. The summed E-state index contributed by atoms with van der Waals surface area (Å²) in [5.74, 6) is 0. The average Bonchev–Trinajstić information content (AvgIpc) is 2.74. The highest BCUT2D eigenvalue weighted by atomic mass is 35.7. The highest BCUT2D eigenvalue weighted by molar-refractivity contribution is 8.13. The van der Waals surface area contributed by atoms with Crippen LogP contribution in [0.2, 0.25) is 0 Å². The van der Waals surface area contributed by atoms with Gasteiger partial charge in [0.1, 0.15) is 0 Å². The summed E-state index contributed by atoms with van der Waals surface area (Å²) in [5.41, 5.74) is 1.09. The van der Waals surface area contributed by atoms with E-state index in [2.05, 4.69) is 5.10 Å². The van der Waals surface area contributed by atoms with Crippen LogP contribution in [-0.2, 0) is 14.5 Å². The summed E-state index contributed by atoms with van der Waals surface area (Å²) in [7, 11) is 1.64. The van der Waals surface area contributed by atoms with Crippen LogP contribution in [0.3, 0.4) is 0 Å². The molecule has 1 heterocycles. The third-order valence-corrected chi connectivity index (χ3v) is 3.96. The Balaban J connectivity index is 2.70. The fraction of sp³-hybridized carbons (Fsp3) is 0.308. The minimum absolute atomic E-state index is 0.00899. The molecule has 1 aromatic heterocycles. The average molecular weight is 299 g/mol. The maximum Gasteiger partial charge on any atom is 0.278 e. The molecule has 0 saturated heterocycles. The standard InChI is InChI=1S/C13H15ClN2O2S/c1-13(2,3)11-9-12(19(14,17)18)16(15-11)10-7-5-4-6-8-10/h4-9H,1-3H3. The van der Waals surface area contributed by atoms with Gasteiger partial charge in [-0.2, -0.15) is 5.10 Å². The lowest BCUT2D eigenvalue weighted by Crippen LogP contribution is -2.12. The number of benzene rings is 1. The third-order valence-electron chi connectivity index (χ3n) is 2.70. The molecule has 0 aliphatic rings. The van der Waals surface area contributed by atoms with Gasteiger partial charge in [-0.05, 0) is 12.1 Å². The largest absolute Gasteiger partial charge is 0.278 e. The van der Waals surface area contributed by atoms with E-state index in [1.807, 2.05) is 39.0 Å². The fourth-order valence-electron chi connectivity index (χ4n) is 1.66. The van der Waals surface area contributed by atoms with Crippen molar-refractivity contribution in [2.24, 2.45) is 0 Å². The Labute approximate surface area is 117 Å².